The highest BCUT2D eigenvalue weighted by Crippen LogP contribution is 2.46. The average Bonchev–Trinajstić information content (AvgIpc) is 2.29. The van der Waals surface area contributed by atoms with Crippen LogP contribution in [0, 0.1) is 5.41 Å². The summed E-state index contributed by atoms with van der Waals surface area (Å²) in [6.07, 6.45) is 0. The van der Waals surface area contributed by atoms with Crippen LogP contribution in [0.1, 0.15) is 55.4 Å². The molecule has 0 saturated carbocycles. The van der Waals surface area contributed by atoms with E-state index in [0.717, 1.165) is 19.0 Å². The molecule has 5 heteroatoms. The van der Waals surface area contributed by atoms with Crippen LogP contribution in [-0.2, 0) is 9.53 Å². The minimum Gasteiger partial charge on any atom is -0.459 e. The van der Waals surface area contributed by atoms with E-state index in [9.17, 15) is 4.79 Å². The molecule has 122 valence electrons. The molecule has 0 aromatic rings. The molecule has 1 heterocycles. The van der Waals surface area contributed by atoms with E-state index in [0.29, 0.717) is 0 Å². The lowest BCUT2D eigenvalue weighted by Crippen LogP contribution is -2.72. The lowest BCUT2D eigenvalue weighted by Gasteiger charge is -2.62. The van der Waals surface area contributed by atoms with E-state index in [4.69, 9.17) is 4.74 Å². The van der Waals surface area contributed by atoms with Gasteiger partial charge < -0.3 is 15.0 Å². The highest BCUT2D eigenvalue weighted by molar-refractivity contribution is 5.84. The molecule has 0 aromatic heterocycles. The predicted molar refractivity (Wildman–Crippen MR) is 86.4 cm³/mol. The Bertz CT molecular complexity index is 420. The molecule has 1 N–H and O–H groups in total. The van der Waals surface area contributed by atoms with Crippen molar-refractivity contribution in [1.29, 1.82) is 0 Å². The quantitative estimate of drug-likeness (QED) is 0.494. The maximum absolute atomic E-state index is 11.8. The normalized spacial score (nSPS) is 20.8. The Morgan fingerprint density at radius 3 is 2.24 bits per heavy atom. The number of hydrogen-bond acceptors (Lipinski definition) is 3. The summed E-state index contributed by atoms with van der Waals surface area (Å²) in [4.78, 5) is 18.5. The first-order valence-corrected chi connectivity index (χ1v) is 7.68. The summed E-state index contributed by atoms with van der Waals surface area (Å²) in [5, 5.41) is 3.26. The molecule has 0 radical (unpaired) electrons. The molecule has 1 rings (SSSR count). The fourth-order valence-electron chi connectivity index (χ4n) is 2.31. The lowest BCUT2D eigenvalue weighted by molar-refractivity contribution is -0.152. The number of esters is 1. The highest BCUT2D eigenvalue weighted by Gasteiger charge is 2.53. The molecule has 0 amide bonds. The SMILES string of the molecule is CCNC(=NCC(=O)OC(C)(C)C)N1CC(C)(C)C1(C)C. The number of carbonyl (C=O) groups is 1. The summed E-state index contributed by atoms with van der Waals surface area (Å²) in [6, 6.07) is 0. The molecule has 0 bridgehead atoms. The molecule has 1 saturated heterocycles. The van der Waals surface area contributed by atoms with E-state index in [1.807, 2.05) is 27.7 Å². The number of ether oxygens (including phenoxy) is 1. The fraction of sp³-hybridized carbons (Fsp3) is 0.875. The summed E-state index contributed by atoms with van der Waals surface area (Å²) in [5.74, 6) is 0.489. The summed E-state index contributed by atoms with van der Waals surface area (Å²) < 4.78 is 5.30. The molecule has 0 unspecified atom stereocenters. The lowest BCUT2D eigenvalue weighted by atomic mass is 9.65. The molecule has 1 fully saturated rings. The van der Waals surface area contributed by atoms with Crippen molar-refractivity contribution in [2.45, 2.75) is 66.5 Å². The van der Waals surface area contributed by atoms with Crippen LogP contribution in [0.3, 0.4) is 0 Å². The zero-order valence-corrected chi connectivity index (χ0v) is 14.8. The molecule has 0 aliphatic carbocycles. The summed E-state index contributed by atoms with van der Waals surface area (Å²) in [7, 11) is 0. The molecule has 0 spiro atoms. The van der Waals surface area contributed by atoms with Crippen LogP contribution in [0.2, 0.25) is 0 Å². The second-order valence-corrected chi connectivity index (χ2v) is 7.79. The summed E-state index contributed by atoms with van der Waals surface area (Å²) in [5.41, 5.74) is -0.222. The number of carbonyl (C=O) groups excluding carboxylic acids is 1. The van der Waals surface area contributed by atoms with Gasteiger partial charge in [0.25, 0.3) is 0 Å². The van der Waals surface area contributed by atoms with Crippen molar-refractivity contribution in [3.05, 3.63) is 0 Å². The van der Waals surface area contributed by atoms with E-state index in [1.165, 1.54) is 0 Å². The maximum atomic E-state index is 11.8. The zero-order valence-electron chi connectivity index (χ0n) is 14.8. The smallest absolute Gasteiger partial charge is 0.328 e. The first-order valence-electron chi connectivity index (χ1n) is 7.68. The van der Waals surface area contributed by atoms with Gasteiger partial charge in [-0.15, -0.1) is 0 Å². The number of nitrogens with one attached hydrogen (secondary N) is 1. The van der Waals surface area contributed by atoms with Crippen LogP contribution in [0.5, 0.6) is 0 Å². The molecular formula is C16H31N3O2. The molecule has 0 aromatic carbocycles. The third kappa shape index (κ3) is 4.11. The molecule has 5 nitrogen and oxygen atoms in total. The predicted octanol–water partition coefficient (Wildman–Crippen LogP) is 2.41. The number of guanidine groups is 1. The van der Waals surface area contributed by atoms with Gasteiger partial charge in [-0.05, 0) is 41.5 Å². The van der Waals surface area contributed by atoms with Gasteiger partial charge in [-0.3, -0.25) is 4.79 Å². The summed E-state index contributed by atoms with van der Waals surface area (Å²) in [6.45, 7) is 18.3. The Labute approximate surface area is 129 Å². The molecular weight excluding hydrogens is 266 g/mol. The Balaban J connectivity index is 2.75. The van der Waals surface area contributed by atoms with Crippen molar-refractivity contribution >= 4 is 11.9 Å². The van der Waals surface area contributed by atoms with E-state index in [-0.39, 0.29) is 23.5 Å². The van der Waals surface area contributed by atoms with Gasteiger partial charge in [-0.25, -0.2) is 4.99 Å². The van der Waals surface area contributed by atoms with Crippen molar-refractivity contribution in [3.63, 3.8) is 0 Å². The van der Waals surface area contributed by atoms with E-state index < -0.39 is 5.60 Å². The monoisotopic (exact) mass is 297 g/mol. The van der Waals surface area contributed by atoms with Gasteiger partial charge in [-0.2, -0.15) is 0 Å². The minimum atomic E-state index is -0.469. The van der Waals surface area contributed by atoms with E-state index in [1.54, 1.807) is 0 Å². The molecule has 21 heavy (non-hydrogen) atoms. The molecule has 1 aliphatic heterocycles. The molecule has 0 atom stereocenters. The van der Waals surface area contributed by atoms with Crippen LogP contribution in [0.25, 0.3) is 0 Å². The van der Waals surface area contributed by atoms with Crippen molar-refractivity contribution in [3.8, 4) is 0 Å². The van der Waals surface area contributed by atoms with E-state index in [2.05, 4.69) is 42.9 Å². The van der Waals surface area contributed by atoms with Gasteiger partial charge in [-0.1, -0.05) is 13.8 Å². The van der Waals surface area contributed by atoms with E-state index >= 15 is 0 Å². The standard InChI is InChI=1S/C16H31N3O2/c1-9-17-13(18-10-12(20)21-14(2,3)4)19-11-15(5,6)16(19,7)8/h9-11H2,1-8H3,(H,17,18). The van der Waals surface area contributed by atoms with Crippen LogP contribution in [0.4, 0.5) is 0 Å². The van der Waals surface area contributed by atoms with Crippen LogP contribution < -0.4 is 5.32 Å². The van der Waals surface area contributed by atoms with Gasteiger partial charge in [0, 0.05) is 24.0 Å². The topological polar surface area (TPSA) is 53.9 Å². The minimum absolute atomic E-state index is 0.0158. The Kier molecular flexibility index (Phi) is 4.96. The van der Waals surface area contributed by atoms with Gasteiger partial charge in [0.05, 0.1) is 0 Å². The second kappa shape index (κ2) is 5.85. The second-order valence-electron chi connectivity index (χ2n) is 7.79. The van der Waals surface area contributed by atoms with Crippen LogP contribution >= 0.6 is 0 Å². The number of likely N-dealkylation sites (tertiary alicyclic amines) is 1. The van der Waals surface area contributed by atoms with Crippen LogP contribution in [-0.4, -0.2) is 47.6 Å². The Hall–Kier alpha value is -1.26. The van der Waals surface area contributed by atoms with Gasteiger partial charge in [0.15, 0.2) is 5.96 Å². The zero-order chi connectivity index (χ0) is 16.5. The van der Waals surface area contributed by atoms with Crippen molar-refractivity contribution in [1.82, 2.24) is 10.2 Å². The number of hydrogen-bond donors (Lipinski definition) is 1. The summed E-state index contributed by atoms with van der Waals surface area (Å²) >= 11 is 0. The first-order chi connectivity index (χ1) is 9.40. The van der Waals surface area contributed by atoms with Gasteiger partial charge >= 0.3 is 5.97 Å². The number of aliphatic imine (C=N–C) groups is 1. The van der Waals surface area contributed by atoms with Crippen LogP contribution in [0.15, 0.2) is 4.99 Å². The van der Waals surface area contributed by atoms with Crippen molar-refractivity contribution in [2.75, 3.05) is 19.6 Å². The number of rotatable bonds is 3. The Morgan fingerprint density at radius 1 is 1.29 bits per heavy atom. The first kappa shape index (κ1) is 17.8. The maximum Gasteiger partial charge on any atom is 0.328 e. The fourth-order valence-corrected chi connectivity index (χ4v) is 2.31. The third-order valence-electron chi connectivity index (χ3n) is 4.25. The largest absolute Gasteiger partial charge is 0.459 e. The van der Waals surface area contributed by atoms with Gasteiger partial charge in [0.2, 0.25) is 0 Å². The van der Waals surface area contributed by atoms with Gasteiger partial charge in [0.1, 0.15) is 12.1 Å². The highest BCUT2D eigenvalue weighted by atomic mass is 16.6. The van der Waals surface area contributed by atoms with Crippen molar-refractivity contribution in [2.24, 2.45) is 10.4 Å². The van der Waals surface area contributed by atoms with Crippen molar-refractivity contribution < 1.29 is 9.53 Å². The number of nitrogens with zero attached hydrogens (tertiary/aromatic N) is 2. The Morgan fingerprint density at radius 2 is 1.86 bits per heavy atom. The average molecular weight is 297 g/mol. The molecule has 1 aliphatic rings. The third-order valence-corrected chi connectivity index (χ3v) is 4.25.